The topological polar surface area (TPSA) is 56.5 Å². The maximum absolute atomic E-state index is 13.8. The molecule has 1 heterocycles. The highest BCUT2D eigenvalue weighted by atomic mass is 35.5. The van der Waals surface area contributed by atoms with Crippen LogP contribution in [0.15, 0.2) is 82.2 Å². The highest BCUT2D eigenvalue weighted by molar-refractivity contribution is 6.32. The summed E-state index contributed by atoms with van der Waals surface area (Å²) in [6, 6.07) is 15.5. The van der Waals surface area contributed by atoms with Crippen LogP contribution in [0.1, 0.15) is 5.56 Å². The molecule has 0 fully saturated rings. The molecule has 4 rings (SSSR count). The van der Waals surface area contributed by atoms with Gasteiger partial charge in [0.25, 0.3) is 0 Å². The number of hydrogen-bond donors (Lipinski definition) is 0. The molecule has 0 N–H and O–H groups in total. The van der Waals surface area contributed by atoms with Crippen LogP contribution in [0.3, 0.4) is 0 Å². The van der Waals surface area contributed by atoms with Crippen molar-refractivity contribution in [3.63, 3.8) is 0 Å². The summed E-state index contributed by atoms with van der Waals surface area (Å²) in [5.74, 6) is -1.12. The highest BCUT2D eigenvalue weighted by Gasteiger charge is 2.11. The molecule has 0 amide bonds. The Labute approximate surface area is 186 Å². The summed E-state index contributed by atoms with van der Waals surface area (Å²) in [4.78, 5) is 24.9. The molecular weight excluding hydrogens is 442 g/mol. The van der Waals surface area contributed by atoms with Crippen LogP contribution in [0.2, 0.25) is 10.0 Å². The zero-order valence-corrected chi connectivity index (χ0v) is 17.3. The zero-order valence-electron chi connectivity index (χ0n) is 15.8. The van der Waals surface area contributed by atoms with Gasteiger partial charge in [0, 0.05) is 22.7 Å². The van der Waals surface area contributed by atoms with E-state index in [2.05, 4.69) is 0 Å². The van der Waals surface area contributed by atoms with Gasteiger partial charge in [-0.1, -0.05) is 41.4 Å². The van der Waals surface area contributed by atoms with Gasteiger partial charge in [0.15, 0.2) is 5.43 Å². The maximum Gasteiger partial charge on any atom is 0.336 e. The molecule has 0 spiro atoms. The van der Waals surface area contributed by atoms with E-state index in [0.29, 0.717) is 21.5 Å². The molecule has 0 aliphatic carbocycles. The number of carbonyl (C=O) groups excluding carboxylic acids is 1. The summed E-state index contributed by atoms with van der Waals surface area (Å²) in [6.45, 7) is 0. The van der Waals surface area contributed by atoms with Crippen molar-refractivity contribution in [3.05, 3.63) is 105 Å². The lowest BCUT2D eigenvalue weighted by atomic mass is 10.1. The summed E-state index contributed by atoms with van der Waals surface area (Å²) in [5, 5.41) is 1.07. The van der Waals surface area contributed by atoms with Crippen LogP contribution in [0.25, 0.3) is 28.2 Å². The molecule has 0 radical (unpaired) electrons. The molecule has 4 aromatic rings. The van der Waals surface area contributed by atoms with Crippen molar-refractivity contribution in [1.82, 2.24) is 0 Å². The van der Waals surface area contributed by atoms with Crippen molar-refractivity contribution in [3.8, 4) is 16.9 Å². The molecule has 0 bridgehead atoms. The Bertz CT molecular complexity index is 1350. The zero-order chi connectivity index (χ0) is 22.0. The van der Waals surface area contributed by atoms with Crippen LogP contribution in [-0.4, -0.2) is 5.97 Å². The molecule has 0 unspecified atom stereocenters. The molecule has 31 heavy (non-hydrogen) atoms. The minimum atomic E-state index is -0.737. The van der Waals surface area contributed by atoms with E-state index in [1.807, 2.05) is 0 Å². The number of carbonyl (C=O) groups is 1. The fourth-order valence-corrected chi connectivity index (χ4v) is 3.32. The number of benzene rings is 3. The van der Waals surface area contributed by atoms with E-state index in [0.717, 1.165) is 6.08 Å². The van der Waals surface area contributed by atoms with Gasteiger partial charge in [-0.25, -0.2) is 9.18 Å². The molecule has 0 aliphatic rings. The normalized spacial score (nSPS) is 11.2. The average Bonchev–Trinajstić information content (AvgIpc) is 2.74. The molecule has 0 saturated heterocycles. The Morgan fingerprint density at radius 3 is 2.55 bits per heavy atom. The van der Waals surface area contributed by atoms with E-state index in [-0.39, 0.29) is 27.3 Å². The van der Waals surface area contributed by atoms with Crippen molar-refractivity contribution < 1.29 is 18.3 Å². The predicted molar refractivity (Wildman–Crippen MR) is 119 cm³/mol. The van der Waals surface area contributed by atoms with Gasteiger partial charge < -0.3 is 9.15 Å². The summed E-state index contributed by atoms with van der Waals surface area (Å²) in [7, 11) is 0. The quantitative estimate of drug-likeness (QED) is 0.200. The van der Waals surface area contributed by atoms with Crippen LogP contribution in [0.5, 0.6) is 5.75 Å². The Hall–Kier alpha value is -3.41. The Morgan fingerprint density at radius 2 is 1.81 bits per heavy atom. The third-order valence-corrected chi connectivity index (χ3v) is 5.09. The van der Waals surface area contributed by atoms with Gasteiger partial charge in [-0.3, -0.25) is 4.79 Å². The summed E-state index contributed by atoms with van der Waals surface area (Å²) < 4.78 is 24.6. The van der Waals surface area contributed by atoms with Crippen molar-refractivity contribution in [2.45, 2.75) is 0 Å². The third-order valence-electron chi connectivity index (χ3n) is 4.51. The van der Waals surface area contributed by atoms with E-state index < -0.39 is 11.8 Å². The number of halogens is 3. The van der Waals surface area contributed by atoms with E-state index in [1.54, 1.807) is 24.3 Å². The fraction of sp³-hybridized carbons (Fsp3) is 0. The van der Waals surface area contributed by atoms with Gasteiger partial charge in [0.2, 0.25) is 0 Å². The van der Waals surface area contributed by atoms with E-state index >= 15 is 0 Å². The third kappa shape index (κ3) is 4.53. The minimum Gasteiger partial charge on any atom is -0.463 e. The van der Waals surface area contributed by atoms with Crippen molar-refractivity contribution in [1.29, 1.82) is 0 Å². The first-order valence-corrected chi connectivity index (χ1v) is 9.83. The molecular formula is C24H13Cl2FO4. The van der Waals surface area contributed by atoms with Gasteiger partial charge in [-0.05, 0) is 48.0 Å². The average molecular weight is 455 g/mol. The lowest BCUT2D eigenvalue weighted by Crippen LogP contribution is -2.06. The maximum atomic E-state index is 13.8. The van der Waals surface area contributed by atoms with Crippen LogP contribution < -0.4 is 10.2 Å². The highest BCUT2D eigenvalue weighted by Crippen LogP contribution is 2.25. The SMILES string of the molecule is O=C(C=Cc1c(F)cccc1Cl)Oc1ccc2c(=O)c(-c3ccc(Cl)cc3)coc2c1. The smallest absolute Gasteiger partial charge is 0.336 e. The second kappa shape index (κ2) is 8.76. The van der Waals surface area contributed by atoms with Gasteiger partial charge >= 0.3 is 5.97 Å². The van der Waals surface area contributed by atoms with Gasteiger partial charge in [0.1, 0.15) is 23.4 Å². The Balaban J connectivity index is 1.57. The second-order valence-electron chi connectivity index (χ2n) is 6.53. The summed E-state index contributed by atoms with van der Waals surface area (Å²) in [6.07, 6.45) is 3.65. The molecule has 0 atom stereocenters. The number of rotatable bonds is 4. The van der Waals surface area contributed by atoms with Crippen LogP contribution >= 0.6 is 23.2 Å². The molecule has 0 saturated carbocycles. The van der Waals surface area contributed by atoms with Crippen LogP contribution in [-0.2, 0) is 4.79 Å². The number of esters is 1. The van der Waals surface area contributed by atoms with E-state index in [4.69, 9.17) is 32.4 Å². The summed E-state index contributed by atoms with van der Waals surface area (Å²) >= 11 is 11.8. The lowest BCUT2D eigenvalue weighted by molar-refractivity contribution is -0.128. The van der Waals surface area contributed by atoms with Crippen LogP contribution in [0, 0.1) is 5.82 Å². The second-order valence-corrected chi connectivity index (χ2v) is 7.38. The molecule has 3 aromatic carbocycles. The fourth-order valence-electron chi connectivity index (χ4n) is 2.97. The first-order chi connectivity index (χ1) is 14.9. The Morgan fingerprint density at radius 1 is 1.03 bits per heavy atom. The van der Waals surface area contributed by atoms with Crippen molar-refractivity contribution in [2.24, 2.45) is 0 Å². The first kappa shape index (κ1) is 20.8. The lowest BCUT2D eigenvalue weighted by Gasteiger charge is -2.05. The number of fused-ring (bicyclic) bond motifs is 1. The van der Waals surface area contributed by atoms with Gasteiger partial charge in [-0.15, -0.1) is 0 Å². The van der Waals surface area contributed by atoms with Gasteiger partial charge in [-0.2, -0.15) is 0 Å². The van der Waals surface area contributed by atoms with E-state index in [1.165, 1.54) is 48.7 Å². The molecule has 7 heteroatoms. The monoisotopic (exact) mass is 454 g/mol. The minimum absolute atomic E-state index is 0.0837. The molecule has 0 aliphatic heterocycles. The van der Waals surface area contributed by atoms with E-state index in [9.17, 15) is 14.0 Å². The number of hydrogen-bond acceptors (Lipinski definition) is 4. The standard InChI is InChI=1S/C24H13Cl2FO4/c25-15-6-4-14(5-7-15)19-13-30-22-12-16(8-9-18(22)24(19)29)31-23(28)11-10-17-20(26)2-1-3-21(17)27/h1-13H. The molecule has 1 aromatic heterocycles. The van der Waals surface area contributed by atoms with Crippen molar-refractivity contribution in [2.75, 3.05) is 0 Å². The van der Waals surface area contributed by atoms with Crippen LogP contribution in [0.4, 0.5) is 4.39 Å². The molecule has 154 valence electrons. The summed E-state index contributed by atoms with van der Waals surface area (Å²) in [5.41, 5.74) is 1.18. The van der Waals surface area contributed by atoms with Crippen molar-refractivity contribution >= 4 is 46.2 Å². The predicted octanol–water partition coefficient (Wildman–Crippen LogP) is 6.52. The number of ether oxygens (including phenoxy) is 1. The Kier molecular flexibility index (Phi) is 5.89. The largest absolute Gasteiger partial charge is 0.463 e. The first-order valence-electron chi connectivity index (χ1n) is 9.08. The molecule has 4 nitrogen and oxygen atoms in total. The van der Waals surface area contributed by atoms with Gasteiger partial charge in [0.05, 0.1) is 16.0 Å².